The minimum Gasteiger partial charge on any atom is -0.394 e. The number of hydrogen-bond acceptors (Lipinski definition) is 3. The minimum atomic E-state index is -0.715. The fourth-order valence-electron chi connectivity index (χ4n) is 1.50. The molecule has 2 amide bonds. The van der Waals surface area contributed by atoms with Gasteiger partial charge in [0.15, 0.2) is 0 Å². The summed E-state index contributed by atoms with van der Waals surface area (Å²) in [7, 11) is 0. The Kier molecular flexibility index (Phi) is 6.02. The Bertz CT molecular complexity index is 425. The molecule has 0 saturated carbocycles. The van der Waals surface area contributed by atoms with E-state index in [1.807, 2.05) is 38.1 Å². The summed E-state index contributed by atoms with van der Waals surface area (Å²) in [5, 5.41) is 13.9. The van der Waals surface area contributed by atoms with Crippen LogP contribution in [0.2, 0.25) is 0 Å². The molecule has 5 nitrogen and oxygen atoms in total. The molecule has 1 atom stereocenters. The lowest BCUT2D eigenvalue weighted by molar-refractivity contribution is -0.139. The molecular weight excluding hydrogens is 244 g/mol. The third-order valence-electron chi connectivity index (χ3n) is 2.83. The van der Waals surface area contributed by atoms with Crippen LogP contribution in [0.25, 0.3) is 0 Å². The summed E-state index contributed by atoms with van der Waals surface area (Å²) in [5.41, 5.74) is 2.07. The van der Waals surface area contributed by atoms with Crippen molar-refractivity contribution in [2.24, 2.45) is 0 Å². The molecule has 0 saturated heterocycles. The van der Waals surface area contributed by atoms with Crippen molar-refractivity contribution < 1.29 is 14.7 Å². The summed E-state index contributed by atoms with van der Waals surface area (Å²) in [6.45, 7) is 3.94. The normalized spacial score (nSPS) is 11.7. The molecule has 0 aromatic heterocycles. The molecule has 0 aliphatic heterocycles. The highest BCUT2D eigenvalue weighted by Gasteiger charge is 2.16. The third-order valence-corrected chi connectivity index (χ3v) is 2.83. The predicted octanol–water partition coefficient (Wildman–Crippen LogP) is 0.498. The highest BCUT2D eigenvalue weighted by atomic mass is 16.3. The molecule has 1 unspecified atom stereocenters. The van der Waals surface area contributed by atoms with Crippen LogP contribution in [0.4, 0.5) is 0 Å². The topological polar surface area (TPSA) is 78.4 Å². The number of aliphatic hydroxyl groups excluding tert-OH is 1. The Morgan fingerprint density at radius 2 is 1.84 bits per heavy atom. The maximum atomic E-state index is 11.5. The fraction of sp³-hybridized carbons (Fsp3) is 0.429. The zero-order valence-corrected chi connectivity index (χ0v) is 11.3. The van der Waals surface area contributed by atoms with Crippen LogP contribution >= 0.6 is 0 Å². The molecule has 0 radical (unpaired) electrons. The summed E-state index contributed by atoms with van der Waals surface area (Å²) < 4.78 is 0. The van der Waals surface area contributed by atoms with Crippen LogP contribution in [-0.4, -0.2) is 29.6 Å². The van der Waals surface area contributed by atoms with E-state index in [0.717, 1.165) is 11.1 Å². The molecule has 3 N–H and O–H groups in total. The molecule has 1 aromatic rings. The number of benzene rings is 1. The summed E-state index contributed by atoms with van der Waals surface area (Å²) >= 11 is 0. The molecule has 0 spiro atoms. The Morgan fingerprint density at radius 1 is 1.21 bits per heavy atom. The molecule has 0 heterocycles. The van der Waals surface area contributed by atoms with E-state index in [4.69, 9.17) is 5.11 Å². The van der Waals surface area contributed by atoms with Gasteiger partial charge in [-0.1, -0.05) is 36.8 Å². The van der Waals surface area contributed by atoms with Crippen molar-refractivity contribution in [2.75, 3.05) is 6.61 Å². The molecule has 19 heavy (non-hydrogen) atoms. The van der Waals surface area contributed by atoms with Crippen molar-refractivity contribution in [2.45, 2.75) is 32.9 Å². The second-order valence-corrected chi connectivity index (χ2v) is 4.43. The zero-order valence-electron chi connectivity index (χ0n) is 11.3. The van der Waals surface area contributed by atoms with Gasteiger partial charge in [0.05, 0.1) is 12.6 Å². The Hall–Kier alpha value is -1.88. The lowest BCUT2D eigenvalue weighted by atomic mass is 10.1. The van der Waals surface area contributed by atoms with Crippen molar-refractivity contribution in [3.63, 3.8) is 0 Å². The molecule has 0 aliphatic carbocycles. The number of rotatable bonds is 5. The fourth-order valence-corrected chi connectivity index (χ4v) is 1.50. The van der Waals surface area contributed by atoms with Crippen molar-refractivity contribution in [1.29, 1.82) is 0 Å². The molecular formula is C14H20N2O3. The Morgan fingerprint density at radius 3 is 2.37 bits per heavy atom. The van der Waals surface area contributed by atoms with Crippen LogP contribution in [0.1, 0.15) is 24.5 Å². The standard InChI is InChI=1S/C14H20N2O3/c1-3-12(9-17)16-14(19)13(18)15-8-11-6-4-10(2)5-7-11/h4-7,12,17H,3,8-9H2,1-2H3,(H,15,18)(H,16,19). The van der Waals surface area contributed by atoms with Crippen LogP contribution < -0.4 is 10.6 Å². The number of amides is 2. The molecule has 0 fully saturated rings. The minimum absolute atomic E-state index is 0.173. The van der Waals surface area contributed by atoms with Crippen LogP contribution in [-0.2, 0) is 16.1 Å². The van der Waals surface area contributed by atoms with Gasteiger partial charge in [-0.15, -0.1) is 0 Å². The summed E-state index contributed by atoms with van der Waals surface area (Å²) in [4.78, 5) is 23.1. The second-order valence-electron chi connectivity index (χ2n) is 4.43. The van der Waals surface area contributed by atoms with E-state index in [2.05, 4.69) is 10.6 Å². The Labute approximate surface area is 113 Å². The summed E-state index contributed by atoms with van der Waals surface area (Å²) in [6.07, 6.45) is 0.577. The predicted molar refractivity (Wildman–Crippen MR) is 72.3 cm³/mol. The van der Waals surface area contributed by atoms with Crippen LogP contribution in [0, 0.1) is 6.92 Å². The average molecular weight is 264 g/mol. The van der Waals surface area contributed by atoms with Gasteiger partial charge in [0.2, 0.25) is 0 Å². The molecule has 0 aliphatic rings. The molecule has 0 bridgehead atoms. The number of aryl methyl sites for hydroxylation is 1. The molecule has 1 rings (SSSR count). The number of hydrogen-bond donors (Lipinski definition) is 3. The zero-order chi connectivity index (χ0) is 14.3. The average Bonchev–Trinajstić information content (AvgIpc) is 2.43. The van der Waals surface area contributed by atoms with Gasteiger partial charge in [-0.3, -0.25) is 9.59 Å². The molecule has 5 heteroatoms. The molecule has 1 aromatic carbocycles. The smallest absolute Gasteiger partial charge is 0.309 e. The van der Waals surface area contributed by atoms with E-state index in [1.54, 1.807) is 0 Å². The largest absolute Gasteiger partial charge is 0.394 e. The van der Waals surface area contributed by atoms with Gasteiger partial charge < -0.3 is 15.7 Å². The highest BCUT2D eigenvalue weighted by molar-refractivity contribution is 6.35. The van der Waals surface area contributed by atoms with Gasteiger partial charge in [-0.25, -0.2) is 0 Å². The van der Waals surface area contributed by atoms with E-state index in [1.165, 1.54) is 0 Å². The number of aliphatic hydroxyl groups is 1. The Balaban J connectivity index is 2.42. The lowest BCUT2D eigenvalue weighted by Crippen LogP contribution is -2.45. The lowest BCUT2D eigenvalue weighted by Gasteiger charge is -2.13. The monoisotopic (exact) mass is 264 g/mol. The first-order valence-electron chi connectivity index (χ1n) is 6.32. The van der Waals surface area contributed by atoms with Crippen LogP contribution in [0.5, 0.6) is 0 Å². The maximum Gasteiger partial charge on any atom is 0.309 e. The quantitative estimate of drug-likeness (QED) is 0.678. The van der Waals surface area contributed by atoms with Gasteiger partial charge in [0.25, 0.3) is 0 Å². The van der Waals surface area contributed by atoms with Crippen molar-refractivity contribution in [1.82, 2.24) is 10.6 Å². The van der Waals surface area contributed by atoms with E-state index >= 15 is 0 Å². The van der Waals surface area contributed by atoms with Gasteiger partial charge in [-0.05, 0) is 18.9 Å². The van der Waals surface area contributed by atoms with Crippen molar-refractivity contribution >= 4 is 11.8 Å². The van der Waals surface area contributed by atoms with E-state index in [-0.39, 0.29) is 12.6 Å². The van der Waals surface area contributed by atoms with Gasteiger partial charge in [0.1, 0.15) is 0 Å². The highest BCUT2D eigenvalue weighted by Crippen LogP contribution is 2.02. The summed E-state index contributed by atoms with van der Waals surface area (Å²) in [5.74, 6) is -1.40. The van der Waals surface area contributed by atoms with Crippen LogP contribution in [0.15, 0.2) is 24.3 Å². The first-order valence-corrected chi connectivity index (χ1v) is 6.32. The van der Waals surface area contributed by atoms with Gasteiger partial charge >= 0.3 is 11.8 Å². The third kappa shape index (κ3) is 5.09. The summed E-state index contributed by atoms with van der Waals surface area (Å²) in [6, 6.07) is 7.31. The number of nitrogens with one attached hydrogen (secondary N) is 2. The number of carbonyl (C=O) groups is 2. The maximum absolute atomic E-state index is 11.5. The van der Waals surface area contributed by atoms with Gasteiger partial charge in [-0.2, -0.15) is 0 Å². The first kappa shape index (κ1) is 15.2. The van der Waals surface area contributed by atoms with E-state index in [0.29, 0.717) is 13.0 Å². The first-order chi connectivity index (χ1) is 9.06. The van der Waals surface area contributed by atoms with E-state index < -0.39 is 11.8 Å². The number of carbonyl (C=O) groups excluding carboxylic acids is 2. The second kappa shape index (κ2) is 7.53. The van der Waals surface area contributed by atoms with Crippen molar-refractivity contribution in [3.8, 4) is 0 Å². The SMILES string of the molecule is CCC(CO)NC(=O)C(=O)NCc1ccc(C)cc1. The van der Waals surface area contributed by atoms with Crippen LogP contribution in [0.3, 0.4) is 0 Å². The van der Waals surface area contributed by atoms with E-state index in [9.17, 15) is 9.59 Å². The van der Waals surface area contributed by atoms with Gasteiger partial charge in [0, 0.05) is 6.54 Å². The molecule has 104 valence electrons. The van der Waals surface area contributed by atoms with Crippen molar-refractivity contribution in [3.05, 3.63) is 35.4 Å².